The topological polar surface area (TPSA) is 29.9 Å². The lowest BCUT2D eigenvalue weighted by Gasteiger charge is -2.11. The minimum Gasteiger partial charge on any atom is -0.329 e. The fourth-order valence-electron chi connectivity index (χ4n) is 1.76. The van der Waals surface area contributed by atoms with Gasteiger partial charge < -0.3 is 9.88 Å². The van der Waals surface area contributed by atoms with Gasteiger partial charge in [0.1, 0.15) is 5.82 Å². The molecule has 0 atom stereocenters. The van der Waals surface area contributed by atoms with Crippen LogP contribution in [0.4, 0.5) is 4.39 Å². The van der Waals surface area contributed by atoms with Crippen molar-refractivity contribution < 1.29 is 4.39 Å². The highest BCUT2D eigenvalue weighted by Crippen LogP contribution is 2.10. The molecular formula is C14H18FN3. The third-order valence-electron chi connectivity index (χ3n) is 2.79. The Bertz CT molecular complexity index is 505. The number of nitrogens with one attached hydrogen (secondary N) is 1. The van der Waals surface area contributed by atoms with E-state index in [-0.39, 0.29) is 5.82 Å². The van der Waals surface area contributed by atoms with E-state index >= 15 is 0 Å². The number of aromatic nitrogens is 2. The molecule has 2 rings (SSSR count). The first-order valence-corrected chi connectivity index (χ1v) is 6.12. The lowest BCUT2D eigenvalue weighted by Crippen LogP contribution is -2.23. The summed E-state index contributed by atoms with van der Waals surface area (Å²) in [5, 5.41) is 3.33. The number of benzene rings is 1. The van der Waals surface area contributed by atoms with Crippen LogP contribution in [-0.2, 0) is 13.1 Å². The molecule has 0 aliphatic rings. The van der Waals surface area contributed by atoms with Crippen LogP contribution >= 0.6 is 0 Å². The van der Waals surface area contributed by atoms with Gasteiger partial charge in [-0.15, -0.1) is 0 Å². The molecule has 96 valence electrons. The number of hydrogen-bond acceptors (Lipinski definition) is 2. The second kappa shape index (κ2) is 5.78. The summed E-state index contributed by atoms with van der Waals surface area (Å²) in [6.07, 6.45) is 3.56. The van der Waals surface area contributed by atoms with Gasteiger partial charge in [-0.05, 0) is 6.07 Å². The van der Waals surface area contributed by atoms with Crippen LogP contribution in [0, 0.1) is 5.82 Å². The molecule has 1 aromatic carbocycles. The molecule has 0 bridgehead atoms. The Hall–Kier alpha value is -1.68. The zero-order valence-corrected chi connectivity index (χ0v) is 10.7. The van der Waals surface area contributed by atoms with Crippen LogP contribution in [0.25, 0.3) is 0 Å². The molecule has 0 aliphatic carbocycles. The number of nitrogens with zero attached hydrogens (tertiary/aromatic N) is 2. The quantitative estimate of drug-likeness (QED) is 0.880. The van der Waals surface area contributed by atoms with E-state index in [4.69, 9.17) is 0 Å². The largest absolute Gasteiger partial charge is 0.329 e. The summed E-state index contributed by atoms with van der Waals surface area (Å²) in [5.41, 5.74) is 1.74. The number of hydrogen-bond donors (Lipinski definition) is 1. The molecule has 18 heavy (non-hydrogen) atoms. The average Bonchev–Trinajstić information content (AvgIpc) is 2.77. The maximum Gasteiger partial charge on any atom is 0.128 e. The SMILES string of the molecule is CC(C)NCc1cncn1Cc1ccccc1F. The second-order valence-electron chi connectivity index (χ2n) is 4.64. The van der Waals surface area contributed by atoms with Crippen molar-refractivity contribution in [1.82, 2.24) is 14.9 Å². The Morgan fingerprint density at radius 2 is 2.11 bits per heavy atom. The predicted molar refractivity (Wildman–Crippen MR) is 69.7 cm³/mol. The van der Waals surface area contributed by atoms with E-state index in [1.165, 1.54) is 6.07 Å². The van der Waals surface area contributed by atoms with Gasteiger partial charge in [-0.3, -0.25) is 0 Å². The van der Waals surface area contributed by atoms with E-state index < -0.39 is 0 Å². The highest BCUT2D eigenvalue weighted by atomic mass is 19.1. The van der Waals surface area contributed by atoms with Crippen molar-refractivity contribution in [3.05, 3.63) is 53.9 Å². The van der Waals surface area contributed by atoms with Crippen LogP contribution in [0.15, 0.2) is 36.8 Å². The molecule has 0 amide bonds. The Morgan fingerprint density at radius 3 is 2.83 bits per heavy atom. The maximum absolute atomic E-state index is 13.6. The standard InChI is InChI=1S/C14H18FN3/c1-11(2)17-8-13-7-16-10-18(13)9-12-5-3-4-6-14(12)15/h3-7,10-11,17H,8-9H2,1-2H3. The van der Waals surface area contributed by atoms with E-state index in [1.807, 2.05) is 16.8 Å². The monoisotopic (exact) mass is 247 g/mol. The fraction of sp³-hybridized carbons (Fsp3) is 0.357. The van der Waals surface area contributed by atoms with Gasteiger partial charge in [-0.2, -0.15) is 0 Å². The fourth-order valence-corrected chi connectivity index (χ4v) is 1.76. The van der Waals surface area contributed by atoms with Gasteiger partial charge in [0.05, 0.1) is 18.6 Å². The lowest BCUT2D eigenvalue weighted by molar-refractivity contribution is 0.556. The van der Waals surface area contributed by atoms with Crippen LogP contribution in [0.3, 0.4) is 0 Å². The first-order chi connectivity index (χ1) is 8.66. The van der Waals surface area contributed by atoms with Crippen molar-refractivity contribution in [2.45, 2.75) is 33.0 Å². The van der Waals surface area contributed by atoms with E-state index in [9.17, 15) is 4.39 Å². The Morgan fingerprint density at radius 1 is 1.33 bits per heavy atom. The highest BCUT2D eigenvalue weighted by Gasteiger charge is 2.06. The molecule has 1 aromatic heterocycles. The van der Waals surface area contributed by atoms with E-state index in [0.717, 1.165) is 12.2 Å². The molecular weight excluding hydrogens is 229 g/mol. The van der Waals surface area contributed by atoms with E-state index in [0.29, 0.717) is 18.2 Å². The minimum absolute atomic E-state index is 0.172. The number of halogens is 1. The summed E-state index contributed by atoms with van der Waals surface area (Å²) in [4.78, 5) is 4.13. The van der Waals surface area contributed by atoms with Crippen LogP contribution in [0.2, 0.25) is 0 Å². The normalized spacial score (nSPS) is 11.1. The van der Waals surface area contributed by atoms with Gasteiger partial charge in [0.2, 0.25) is 0 Å². The van der Waals surface area contributed by atoms with Crippen molar-refractivity contribution in [2.24, 2.45) is 0 Å². The highest BCUT2D eigenvalue weighted by molar-refractivity contribution is 5.18. The smallest absolute Gasteiger partial charge is 0.128 e. The van der Waals surface area contributed by atoms with Crippen molar-refractivity contribution in [1.29, 1.82) is 0 Å². The Labute approximate surface area is 107 Å². The summed E-state index contributed by atoms with van der Waals surface area (Å²) < 4.78 is 15.5. The van der Waals surface area contributed by atoms with Crippen LogP contribution in [0.5, 0.6) is 0 Å². The zero-order valence-electron chi connectivity index (χ0n) is 10.7. The summed E-state index contributed by atoms with van der Waals surface area (Å²) in [7, 11) is 0. The lowest BCUT2D eigenvalue weighted by atomic mass is 10.2. The molecule has 0 aliphatic heterocycles. The van der Waals surface area contributed by atoms with Gasteiger partial charge in [0, 0.05) is 24.3 Å². The Kier molecular flexibility index (Phi) is 4.10. The molecule has 0 fully saturated rings. The molecule has 1 heterocycles. The molecule has 0 saturated heterocycles. The molecule has 2 aromatic rings. The van der Waals surface area contributed by atoms with Crippen LogP contribution in [-0.4, -0.2) is 15.6 Å². The molecule has 0 spiro atoms. The number of rotatable bonds is 5. The third-order valence-corrected chi connectivity index (χ3v) is 2.79. The molecule has 4 heteroatoms. The first kappa shape index (κ1) is 12.8. The summed E-state index contributed by atoms with van der Waals surface area (Å²) >= 11 is 0. The molecule has 1 N–H and O–H groups in total. The van der Waals surface area contributed by atoms with Gasteiger partial charge >= 0.3 is 0 Å². The zero-order chi connectivity index (χ0) is 13.0. The Balaban J connectivity index is 2.10. The molecule has 3 nitrogen and oxygen atoms in total. The van der Waals surface area contributed by atoms with Crippen LogP contribution in [0.1, 0.15) is 25.1 Å². The van der Waals surface area contributed by atoms with Crippen molar-refractivity contribution in [2.75, 3.05) is 0 Å². The predicted octanol–water partition coefficient (Wildman–Crippen LogP) is 2.57. The molecule has 0 radical (unpaired) electrons. The molecule has 0 unspecified atom stereocenters. The van der Waals surface area contributed by atoms with E-state index in [1.54, 1.807) is 18.5 Å². The van der Waals surface area contributed by atoms with Gasteiger partial charge in [-0.1, -0.05) is 32.0 Å². The maximum atomic E-state index is 13.6. The number of imidazole rings is 1. The summed E-state index contributed by atoms with van der Waals surface area (Å²) in [6.45, 7) is 5.45. The molecule has 0 saturated carbocycles. The average molecular weight is 247 g/mol. The third kappa shape index (κ3) is 3.17. The van der Waals surface area contributed by atoms with Crippen LogP contribution < -0.4 is 5.32 Å². The summed E-state index contributed by atoms with van der Waals surface area (Å²) in [5.74, 6) is -0.172. The van der Waals surface area contributed by atoms with Crippen molar-refractivity contribution in [3.8, 4) is 0 Å². The summed E-state index contributed by atoms with van der Waals surface area (Å²) in [6, 6.07) is 7.25. The van der Waals surface area contributed by atoms with E-state index in [2.05, 4.69) is 24.1 Å². The van der Waals surface area contributed by atoms with Crippen molar-refractivity contribution >= 4 is 0 Å². The first-order valence-electron chi connectivity index (χ1n) is 6.12. The second-order valence-corrected chi connectivity index (χ2v) is 4.64. The van der Waals surface area contributed by atoms with Gasteiger partial charge in [0.25, 0.3) is 0 Å². The van der Waals surface area contributed by atoms with Gasteiger partial charge in [-0.25, -0.2) is 9.37 Å². The minimum atomic E-state index is -0.172. The van der Waals surface area contributed by atoms with Gasteiger partial charge in [0.15, 0.2) is 0 Å². The van der Waals surface area contributed by atoms with Crippen molar-refractivity contribution in [3.63, 3.8) is 0 Å².